The van der Waals surface area contributed by atoms with Crippen LogP contribution >= 0.6 is 0 Å². The molecule has 25 heavy (non-hydrogen) atoms. The zero-order chi connectivity index (χ0) is 17.8. The highest BCUT2D eigenvalue weighted by molar-refractivity contribution is 5.46. The molecule has 0 atom stereocenters. The Morgan fingerprint density at radius 2 is 2.04 bits per heavy atom. The van der Waals surface area contributed by atoms with Gasteiger partial charge in [0.1, 0.15) is 5.82 Å². The monoisotopic (exact) mass is 343 g/mol. The average molecular weight is 343 g/mol. The van der Waals surface area contributed by atoms with Crippen LogP contribution in [0.15, 0.2) is 23.0 Å². The fourth-order valence-corrected chi connectivity index (χ4v) is 3.24. The van der Waals surface area contributed by atoms with Crippen molar-refractivity contribution in [1.82, 2.24) is 14.9 Å². The quantitative estimate of drug-likeness (QED) is 0.872. The summed E-state index contributed by atoms with van der Waals surface area (Å²) in [5, 5.41) is 0. The lowest BCUT2D eigenvalue weighted by Crippen LogP contribution is -2.35. The Kier molecular flexibility index (Phi) is 5.38. The first kappa shape index (κ1) is 17.5. The minimum absolute atomic E-state index is 0.0275. The van der Waals surface area contributed by atoms with Gasteiger partial charge in [-0.2, -0.15) is 0 Å². The Morgan fingerprint density at radius 1 is 1.24 bits per heavy atom. The summed E-state index contributed by atoms with van der Waals surface area (Å²) in [5.74, 6) is 2.25. The highest BCUT2D eigenvalue weighted by Gasteiger charge is 2.22. The molecule has 0 amide bonds. The summed E-state index contributed by atoms with van der Waals surface area (Å²) in [6, 6.07) is 5.97. The molecule has 0 aliphatic carbocycles. The first-order chi connectivity index (χ1) is 12.1. The minimum atomic E-state index is -0.0275. The van der Waals surface area contributed by atoms with Gasteiger partial charge in [-0.25, -0.2) is 4.98 Å². The summed E-state index contributed by atoms with van der Waals surface area (Å²) in [4.78, 5) is 21.8. The lowest BCUT2D eigenvalue weighted by atomic mass is 10.1. The van der Waals surface area contributed by atoms with E-state index in [2.05, 4.69) is 20.9 Å². The van der Waals surface area contributed by atoms with Gasteiger partial charge >= 0.3 is 0 Å². The number of hydrogen-bond acceptors (Lipinski definition) is 5. The van der Waals surface area contributed by atoms with Gasteiger partial charge in [0.25, 0.3) is 5.56 Å². The van der Waals surface area contributed by atoms with Crippen molar-refractivity contribution in [3.63, 3.8) is 0 Å². The van der Waals surface area contributed by atoms with Crippen molar-refractivity contribution in [1.29, 1.82) is 0 Å². The molecule has 0 bridgehead atoms. The number of aryl methyl sites for hydroxylation is 1. The number of rotatable bonds is 6. The molecule has 2 aromatic rings. The van der Waals surface area contributed by atoms with Crippen molar-refractivity contribution in [2.45, 2.75) is 40.3 Å². The highest BCUT2D eigenvalue weighted by Crippen LogP contribution is 2.33. The molecular weight excluding hydrogens is 318 g/mol. The molecule has 2 heterocycles. The largest absolute Gasteiger partial charge is 0.490 e. The topological polar surface area (TPSA) is 67.5 Å². The van der Waals surface area contributed by atoms with Crippen molar-refractivity contribution in [2.75, 3.05) is 19.8 Å². The van der Waals surface area contributed by atoms with Crippen LogP contribution in [-0.2, 0) is 19.5 Å². The van der Waals surface area contributed by atoms with Gasteiger partial charge in [-0.1, -0.05) is 12.1 Å². The highest BCUT2D eigenvalue weighted by atomic mass is 16.5. The summed E-state index contributed by atoms with van der Waals surface area (Å²) in [6.07, 6.45) is 0.787. The van der Waals surface area contributed by atoms with Crippen LogP contribution in [0.1, 0.15) is 36.5 Å². The molecule has 1 aromatic carbocycles. The maximum Gasteiger partial charge on any atom is 0.255 e. The zero-order valence-corrected chi connectivity index (χ0v) is 15.1. The van der Waals surface area contributed by atoms with E-state index in [4.69, 9.17) is 9.47 Å². The SMILES string of the molecule is CCOc1cccc(CN2CCc3nc(C)[nH]c(=O)c3C2)c1OCC. The van der Waals surface area contributed by atoms with Crippen LogP contribution < -0.4 is 15.0 Å². The number of fused-ring (bicyclic) bond motifs is 1. The Labute approximate surface area is 147 Å². The number of benzene rings is 1. The molecule has 3 rings (SSSR count). The lowest BCUT2D eigenvalue weighted by molar-refractivity contribution is 0.231. The number of hydrogen-bond donors (Lipinski definition) is 1. The summed E-state index contributed by atoms with van der Waals surface area (Å²) >= 11 is 0. The van der Waals surface area contributed by atoms with Crippen molar-refractivity contribution in [3.05, 3.63) is 51.2 Å². The van der Waals surface area contributed by atoms with E-state index in [0.717, 1.165) is 41.3 Å². The van der Waals surface area contributed by atoms with E-state index < -0.39 is 0 Å². The molecule has 0 spiro atoms. The number of aromatic amines is 1. The standard InChI is InChI=1S/C19H25N3O3/c1-4-24-17-8-6-7-14(18(17)25-5-2)11-22-10-9-16-15(12-22)19(23)21-13(3)20-16/h6-8H,4-5,9-12H2,1-3H3,(H,20,21,23). The number of ether oxygens (including phenoxy) is 2. The van der Waals surface area contributed by atoms with Crippen LogP contribution in [0, 0.1) is 6.92 Å². The van der Waals surface area contributed by atoms with E-state index in [0.29, 0.717) is 32.1 Å². The van der Waals surface area contributed by atoms with Crippen LogP contribution in [0.2, 0.25) is 0 Å². The Bertz CT molecular complexity index is 801. The predicted molar refractivity (Wildman–Crippen MR) is 96.2 cm³/mol. The summed E-state index contributed by atoms with van der Waals surface area (Å²) in [7, 11) is 0. The lowest BCUT2D eigenvalue weighted by Gasteiger charge is -2.28. The molecule has 1 N–H and O–H groups in total. The van der Waals surface area contributed by atoms with E-state index in [1.54, 1.807) is 0 Å². The summed E-state index contributed by atoms with van der Waals surface area (Å²) in [6.45, 7) is 9.12. The van der Waals surface area contributed by atoms with Crippen molar-refractivity contribution in [3.8, 4) is 11.5 Å². The summed E-state index contributed by atoms with van der Waals surface area (Å²) in [5.41, 5.74) is 2.74. The first-order valence-electron chi connectivity index (χ1n) is 8.80. The molecule has 1 aromatic heterocycles. The van der Waals surface area contributed by atoms with Crippen molar-refractivity contribution < 1.29 is 9.47 Å². The second-order valence-electron chi connectivity index (χ2n) is 6.15. The van der Waals surface area contributed by atoms with Gasteiger partial charge in [0.15, 0.2) is 11.5 Å². The first-order valence-corrected chi connectivity index (χ1v) is 8.80. The van der Waals surface area contributed by atoms with Gasteiger partial charge in [0.05, 0.1) is 24.5 Å². The summed E-state index contributed by atoms with van der Waals surface area (Å²) < 4.78 is 11.5. The molecule has 134 valence electrons. The fourth-order valence-electron chi connectivity index (χ4n) is 3.24. The number of aromatic nitrogens is 2. The van der Waals surface area contributed by atoms with Crippen LogP contribution in [0.4, 0.5) is 0 Å². The molecule has 0 radical (unpaired) electrons. The molecule has 1 aliphatic heterocycles. The minimum Gasteiger partial charge on any atom is -0.490 e. The third-order valence-corrected chi connectivity index (χ3v) is 4.31. The molecular formula is C19H25N3O3. The predicted octanol–water partition coefficient (Wildman–Crippen LogP) is 2.43. The maximum absolute atomic E-state index is 12.2. The Morgan fingerprint density at radius 3 is 2.80 bits per heavy atom. The van der Waals surface area contributed by atoms with Crippen LogP contribution in [0.5, 0.6) is 11.5 Å². The van der Waals surface area contributed by atoms with E-state index in [1.807, 2.05) is 32.9 Å². The van der Waals surface area contributed by atoms with Crippen LogP contribution in [0.25, 0.3) is 0 Å². The average Bonchev–Trinajstić information content (AvgIpc) is 2.58. The molecule has 6 heteroatoms. The molecule has 6 nitrogen and oxygen atoms in total. The fraction of sp³-hybridized carbons (Fsp3) is 0.474. The zero-order valence-electron chi connectivity index (χ0n) is 15.1. The van der Waals surface area contributed by atoms with E-state index in [-0.39, 0.29) is 5.56 Å². The molecule has 0 saturated heterocycles. The van der Waals surface area contributed by atoms with E-state index in [9.17, 15) is 4.79 Å². The van der Waals surface area contributed by atoms with E-state index >= 15 is 0 Å². The normalized spacial score (nSPS) is 14.2. The second-order valence-corrected chi connectivity index (χ2v) is 6.15. The van der Waals surface area contributed by atoms with Crippen LogP contribution in [-0.4, -0.2) is 34.6 Å². The van der Waals surface area contributed by atoms with E-state index in [1.165, 1.54) is 0 Å². The van der Waals surface area contributed by atoms with Gasteiger partial charge in [-0.3, -0.25) is 9.69 Å². The molecule has 0 fully saturated rings. The Hall–Kier alpha value is -2.34. The smallest absolute Gasteiger partial charge is 0.255 e. The number of nitrogens with one attached hydrogen (secondary N) is 1. The van der Waals surface area contributed by atoms with Crippen molar-refractivity contribution >= 4 is 0 Å². The second kappa shape index (κ2) is 7.70. The van der Waals surface area contributed by atoms with Crippen LogP contribution in [0.3, 0.4) is 0 Å². The van der Waals surface area contributed by atoms with Gasteiger partial charge < -0.3 is 14.5 Å². The molecule has 1 aliphatic rings. The number of nitrogens with zero attached hydrogens (tertiary/aromatic N) is 2. The van der Waals surface area contributed by atoms with Gasteiger partial charge in [0, 0.05) is 31.6 Å². The van der Waals surface area contributed by atoms with Gasteiger partial charge in [0.2, 0.25) is 0 Å². The van der Waals surface area contributed by atoms with Gasteiger partial charge in [-0.15, -0.1) is 0 Å². The third-order valence-electron chi connectivity index (χ3n) is 4.31. The Balaban J connectivity index is 1.83. The van der Waals surface area contributed by atoms with Gasteiger partial charge in [-0.05, 0) is 26.8 Å². The maximum atomic E-state index is 12.2. The molecule has 0 saturated carbocycles. The molecule has 0 unspecified atom stereocenters. The number of H-pyrrole nitrogens is 1. The number of para-hydroxylation sites is 1. The van der Waals surface area contributed by atoms with Crippen molar-refractivity contribution in [2.24, 2.45) is 0 Å². The third kappa shape index (κ3) is 3.85.